The fourth-order valence-electron chi connectivity index (χ4n) is 4.19. The number of carbonyl (C=O) groups excluding carboxylic acids is 4. The zero-order valence-electron chi connectivity index (χ0n) is 17.0. The van der Waals surface area contributed by atoms with Crippen LogP contribution in [-0.4, -0.2) is 65.2 Å². The highest BCUT2D eigenvalue weighted by Crippen LogP contribution is 2.29. The fourth-order valence-corrected chi connectivity index (χ4v) is 4.66. The molecule has 1 aromatic carbocycles. The Morgan fingerprint density at radius 3 is 2.70 bits per heavy atom. The van der Waals surface area contributed by atoms with Gasteiger partial charge in [0.15, 0.2) is 0 Å². The first-order valence-corrected chi connectivity index (χ1v) is 11.5. The third-order valence-electron chi connectivity index (χ3n) is 5.72. The molecule has 9 heteroatoms. The summed E-state index contributed by atoms with van der Waals surface area (Å²) in [5, 5.41) is 5.58. The lowest BCUT2D eigenvalue weighted by molar-refractivity contribution is -0.141. The second-order valence-electron chi connectivity index (χ2n) is 7.70. The smallest absolute Gasteiger partial charge is 0.245 e. The van der Waals surface area contributed by atoms with Crippen LogP contribution in [0.1, 0.15) is 37.2 Å². The Morgan fingerprint density at radius 2 is 2.03 bits per heavy atom. The highest BCUT2D eigenvalue weighted by Gasteiger charge is 2.41. The standard InChI is InChI=1S/C21H28N4O4S/c1-30-11-9-15(21(29)25-10-5-8-16(25)19(22)27)23-20(28)18-14(12-17(26)24-18)13-6-3-2-4-7-13/h2-4,6-7,14-16,18H,5,8-12H2,1H3,(H2,22,27)(H,23,28)(H,24,26)/t14?,15-,16-,18-/m0/s1. The van der Waals surface area contributed by atoms with E-state index < -0.39 is 24.0 Å². The lowest BCUT2D eigenvalue weighted by atomic mass is 9.91. The molecule has 4 N–H and O–H groups in total. The van der Waals surface area contributed by atoms with E-state index in [2.05, 4.69) is 10.6 Å². The number of hydrogen-bond donors (Lipinski definition) is 3. The van der Waals surface area contributed by atoms with E-state index in [-0.39, 0.29) is 30.1 Å². The van der Waals surface area contributed by atoms with Crippen molar-refractivity contribution in [2.24, 2.45) is 5.73 Å². The van der Waals surface area contributed by atoms with Crippen LogP contribution in [0.25, 0.3) is 0 Å². The Labute approximate surface area is 180 Å². The molecule has 1 unspecified atom stereocenters. The minimum atomic E-state index is -0.765. The number of nitrogens with one attached hydrogen (secondary N) is 2. The summed E-state index contributed by atoms with van der Waals surface area (Å²) in [5.41, 5.74) is 6.35. The first kappa shape index (κ1) is 22.1. The van der Waals surface area contributed by atoms with E-state index in [0.717, 1.165) is 5.56 Å². The second kappa shape index (κ2) is 9.97. The third-order valence-corrected chi connectivity index (χ3v) is 6.37. The number of nitrogens with two attached hydrogens (primary N) is 1. The van der Waals surface area contributed by atoms with Crippen molar-refractivity contribution in [1.82, 2.24) is 15.5 Å². The first-order chi connectivity index (χ1) is 14.4. The molecule has 4 atom stereocenters. The number of amides is 4. The zero-order chi connectivity index (χ0) is 21.7. The molecule has 2 aliphatic heterocycles. The van der Waals surface area contributed by atoms with E-state index in [9.17, 15) is 19.2 Å². The van der Waals surface area contributed by atoms with E-state index in [1.807, 2.05) is 36.6 Å². The minimum absolute atomic E-state index is 0.190. The molecule has 4 amide bonds. The van der Waals surface area contributed by atoms with E-state index >= 15 is 0 Å². The molecule has 0 aliphatic carbocycles. The molecule has 162 valence electrons. The molecule has 2 heterocycles. The average Bonchev–Trinajstić information content (AvgIpc) is 3.38. The van der Waals surface area contributed by atoms with Crippen LogP contribution in [0, 0.1) is 0 Å². The average molecular weight is 433 g/mol. The van der Waals surface area contributed by atoms with Crippen molar-refractivity contribution in [3.8, 4) is 0 Å². The van der Waals surface area contributed by atoms with Crippen LogP contribution in [0.4, 0.5) is 0 Å². The third kappa shape index (κ3) is 4.95. The summed E-state index contributed by atoms with van der Waals surface area (Å²) in [6.07, 6.45) is 3.83. The number of hydrogen-bond acceptors (Lipinski definition) is 5. The minimum Gasteiger partial charge on any atom is -0.368 e. The van der Waals surface area contributed by atoms with Crippen LogP contribution in [0.2, 0.25) is 0 Å². The van der Waals surface area contributed by atoms with E-state index in [1.165, 1.54) is 4.90 Å². The van der Waals surface area contributed by atoms with Gasteiger partial charge in [-0.3, -0.25) is 19.2 Å². The van der Waals surface area contributed by atoms with Gasteiger partial charge in [0.05, 0.1) is 0 Å². The van der Waals surface area contributed by atoms with Gasteiger partial charge in [0.2, 0.25) is 23.6 Å². The summed E-state index contributed by atoms with van der Waals surface area (Å²) >= 11 is 1.57. The predicted molar refractivity (Wildman–Crippen MR) is 115 cm³/mol. The normalized spacial score (nSPS) is 24.4. The maximum atomic E-state index is 13.1. The van der Waals surface area contributed by atoms with Gasteiger partial charge < -0.3 is 21.3 Å². The molecule has 0 aromatic heterocycles. The van der Waals surface area contributed by atoms with Gasteiger partial charge in [0.25, 0.3) is 0 Å². The van der Waals surface area contributed by atoms with Crippen LogP contribution in [0.5, 0.6) is 0 Å². The number of nitrogens with zero attached hydrogens (tertiary/aromatic N) is 1. The zero-order valence-corrected chi connectivity index (χ0v) is 17.8. The van der Waals surface area contributed by atoms with Gasteiger partial charge >= 0.3 is 0 Å². The number of rotatable bonds is 8. The number of primary amides is 1. The van der Waals surface area contributed by atoms with Crippen molar-refractivity contribution in [2.45, 2.75) is 49.7 Å². The Bertz CT molecular complexity index is 803. The van der Waals surface area contributed by atoms with Crippen LogP contribution in [0.15, 0.2) is 30.3 Å². The Kier molecular flexibility index (Phi) is 7.36. The summed E-state index contributed by atoms with van der Waals surface area (Å²) in [6, 6.07) is 7.27. The molecule has 2 saturated heterocycles. The Hall–Kier alpha value is -2.55. The number of carbonyl (C=O) groups is 4. The van der Waals surface area contributed by atoms with Crippen LogP contribution < -0.4 is 16.4 Å². The number of benzene rings is 1. The maximum Gasteiger partial charge on any atom is 0.245 e. The predicted octanol–water partition coefficient (Wildman–Crippen LogP) is 0.373. The molecule has 0 radical (unpaired) electrons. The number of thioether (sulfide) groups is 1. The molecule has 1 aromatic rings. The molecule has 30 heavy (non-hydrogen) atoms. The first-order valence-electron chi connectivity index (χ1n) is 10.2. The number of likely N-dealkylation sites (tertiary alicyclic amines) is 1. The molecule has 2 aliphatic rings. The summed E-state index contributed by atoms with van der Waals surface area (Å²) in [4.78, 5) is 51.5. The largest absolute Gasteiger partial charge is 0.368 e. The van der Waals surface area contributed by atoms with E-state index in [4.69, 9.17) is 5.73 Å². The quantitative estimate of drug-likeness (QED) is 0.548. The van der Waals surface area contributed by atoms with Crippen molar-refractivity contribution in [1.29, 1.82) is 0 Å². The fraction of sp³-hybridized carbons (Fsp3) is 0.524. The SMILES string of the molecule is CSCC[C@H](NC(=O)[C@H]1NC(=O)CC1c1ccccc1)C(=O)N1CCC[C@H]1C(N)=O. The molecule has 2 fully saturated rings. The van der Waals surface area contributed by atoms with E-state index in [0.29, 0.717) is 31.6 Å². The molecule has 0 spiro atoms. The van der Waals surface area contributed by atoms with Gasteiger partial charge in [-0.15, -0.1) is 0 Å². The monoisotopic (exact) mass is 432 g/mol. The van der Waals surface area contributed by atoms with Gasteiger partial charge in [-0.2, -0.15) is 11.8 Å². The van der Waals surface area contributed by atoms with Gasteiger partial charge in [-0.1, -0.05) is 30.3 Å². The van der Waals surface area contributed by atoms with Crippen LogP contribution in [0.3, 0.4) is 0 Å². The summed E-state index contributed by atoms with van der Waals surface area (Å²) in [7, 11) is 0. The van der Waals surface area contributed by atoms with Crippen molar-refractivity contribution >= 4 is 35.4 Å². The van der Waals surface area contributed by atoms with Crippen LogP contribution >= 0.6 is 11.8 Å². The summed E-state index contributed by atoms with van der Waals surface area (Å²) in [6.45, 7) is 0.449. The highest BCUT2D eigenvalue weighted by atomic mass is 32.2. The van der Waals surface area contributed by atoms with Crippen molar-refractivity contribution in [3.05, 3.63) is 35.9 Å². The van der Waals surface area contributed by atoms with Gasteiger partial charge in [0.1, 0.15) is 18.1 Å². The van der Waals surface area contributed by atoms with E-state index in [1.54, 1.807) is 11.8 Å². The molecule has 0 bridgehead atoms. The Morgan fingerprint density at radius 1 is 1.30 bits per heavy atom. The van der Waals surface area contributed by atoms with Gasteiger partial charge in [-0.25, -0.2) is 0 Å². The highest BCUT2D eigenvalue weighted by molar-refractivity contribution is 7.98. The van der Waals surface area contributed by atoms with Gasteiger partial charge in [-0.05, 0) is 36.8 Å². The lowest BCUT2D eigenvalue weighted by Crippen LogP contribution is -2.56. The molecular formula is C21H28N4O4S. The topological polar surface area (TPSA) is 122 Å². The van der Waals surface area contributed by atoms with Gasteiger partial charge in [0, 0.05) is 18.9 Å². The van der Waals surface area contributed by atoms with Crippen molar-refractivity contribution in [3.63, 3.8) is 0 Å². The van der Waals surface area contributed by atoms with Crippen LogP contribution in [-0.2, 0) is 19.2 Å². The lowest BCUT2D eigenvalue weighted by Gasteiger charge is -2.29. The molecular weight excluding hydrogens is 404 g/mol. The summed E-state index contributed by atoms with van der Waals surface area (Å²) in [5.74, 6) is -1.01. The Balaban J connectivity index is 1.75. The molecule has 3 rings (SSSR count). The molecule has 0 saturated carbocycles. The molecule has 8 nitrogen and oxygen atoms in total. The van der Waals surface area contributed by atoms with Crippen molar-refractivity contribution < 1.29 is 19.2 Å². The summed E-state index contributed by atoms with van der Waals surface area (Å²) < 4.78 is 0. The van der Waals surface area contributed by atoms with Crippen molar-refractivity contribution in [2.75, 3.05) is 18.6 Å². The maximum absolute atomic E-state index is 13.1. The second-order valence-corrected chi connectivity index (χ2v) is 8.69.